The van der Waals surface area contributed by atoms with Crippen LogP contribution in [0.3, 0.4) is 0 Å². The first kappa shape index (κ1) is 16.8. The molecule has 4 nitrogen and oxygen atoms in total. The van der Waals surface area contributed by atoms with Gasteiger partial charge < -0.3 is 10.0 Å². The van der Waals surface area contributed by atoms with Crippen LogP contribution in [0.5, 0.6) is 0 Å². The van der Waals surface area contributed by atoms with E-state index < -0.39 is 14.9 Å². The van der Waals surface area contributed by atoms with E-state index in [9.17, 15) is 13.0 Å². The van der Waals surface area contributed by atoms with Gasteiger partial charge in [0.2, 0.25) is 0 Å². The van der Waals surface area contributed by atoms with E-state index in [0.29, 0.717) is 6.42 Å². The van der Waals surface area contributed by atoms with E-state index in [1.165, 1.54) is 13.0 Å². The van der Waals surface area contributed by atoms with Gasteiger partial charge in [0.1, 0.15) is 10.1 Å². The standard InChI is InChI=1S/C8H12O3S.Na.H2O/c1-7-4-3-5-8(2,6-7)12(9,10)11;;/h3-5H,6H2,1-2H3,(H,9,10,11);;1H2/q;+1;/p-1. The van der Waals surface area contributed by atoms with Crippen molar-refractivity contribution >= 4 is 10.1 Å². The van der Waals surface area contributed by atoms with Crippen molar-refractivity contribution in [2.24, 2.45) is 0 Å². The summed E-state index contributed by atoms with van der Waals surface area (Å²) in [6, 6.07) is 0. The Morgan fingerprint density at radius 2 is 2.00 bits per heavy atom. The molecule has 1 aliphatic carbocycles. The summed E-state index contributed by atoms with van der Waals surface area (Å²) >= 11 is 0. The maximum absolute atomic E-state index is 10.8. The summed E-state index contributed by atoms with van der Waals surface area (Å²) in [4.78, 5) is 0. The molecule has 1 aliphatic rings. The Morgan fingerprint density at radius 3 is 2.29 bits per heavy atom. The molecule has 0 aromatic heterocycles. The molecular formula is C8H13NaO4S. The van der Waals surface area contributed by atoms with Crippen LogP contribution in [0.15, 0.2) is 23.8 Å². The van der Waals surface area contributed by atoms with Gasteiger partial charge in [0.25, 0.3) is 0 Å². The zero-order chi connectivity index (χ0) is 9.41. The van der Waals surface area contributed by atoms with Crippen molar-refractivity contribution in [3.8, 4) is 0 Å². The number of hydrogen-bond acceptors (Lipinski definition) is 3. The minimum atomic E-state index is -4.24. The molecule has 0 amide bonds. The van der Waals surface area contributed by atoms with Crippen LogP contribution in [0.4, 0.5) is 0 Å². The average Bonchev–Trinajstić information content (AvgIpc) is 1.83. The van der Waals surface area contributed by atoms with Crippen LogP contribution in [0.25, 0.3) is 0 Å². The van der Waals surface area contributed by atoms with Crippen LogP contribution >= 0.6 is 0 Å². The van der Waals surface area contributed by atoms with E-state index in [1.54, 1.807) is 6.08 Å². The zero-order valence-corrected chi connectivity index (χ0v) is 11.4. The average molecular weight is 228 g/mol. The molecule has 1 atom stereocenters. The molecule has 0 aromatic carbocycles. The third-order valence-electron chi connectivity index (χ3n) is 2.03. The number of rotatable bonds is 1. The van der Waals surface area contributed by atoms with Crippen molar-refractivity contribution in [3.63, 3.8) is 0 Å². The van der Waals surface area contributed by atoms with Crippen LogP contribution in [-0.4, -0.2) is 23.2 Å². The Labute approximate surface area is 106 Å². The Kier molecular flexibility index (Phi) is 6.51. The molecule has 1 rings (SSSR count). The normalized spacial score (nSPS) is 25.8. The topological polar surface area (TPSA) is 88.7 Å². The van der Waals surface area contributed by atoms with E-state index in [-0.39, 0.29) is 35.0 Å². The fraction of sp³-hybridized carbons (Fsp3) is 0.500. The van der Waals surface area contributed by atoms with Gasteiger partial charge in [-0.1, -0.05) is 23.8 Å². The van der Waals surface area contributed by atoms with Gasteiger partial charge in [-0.15, -0.1) is 0 Å². The molecular weight excluding hydrogens is 215 g/mol. The largest absolute Gasteiger partial charge is 1.00 e. The second-order valence-corrected chi connectivity index (χ2v) is 5.16. The van der Waals surface area contributed by atoms with Crippen LogP contribution in [0.1, 0.15) is 20.3 Å². The van der Waals surface area contributed by atoms with Gasteiger partial charge in [0.05, 0.1) is 4.75 Å². The van der Waals surface area contributed by atoms with Gasteiger partial charge in [-0.05, 0) is 20.3 Å². The summed E-state index contributed by atoms with van der Waals surface area (Å²) in [6.45, 7) is 3.26. The summed E-state index contributed by atoms with van der Waals surface area (Å²) in [5.41, 5.74) is 0.916. The van der Waals surface area contributed by atoms with E-state index >= 15 is 0 Å². The van der Waals surface area contributed by atoms with E-state index in [2.05, 4.69) is 0 Å². The first-order valence-electron chi connectivity index (χ1n) is 3.66. The monoisotopic (exact) mass is 228 g/mol. The fourth-order valence-electron chi connectivity index (χ4n) is 1.26. The van der Waals surface area contributed by atoms with E-state index in [4.69, 9.17) is 0 Å². The predicted octanol–water partition coefficient (Wildman–Crippen LogP) is -2.62. The molecule has 0 radical (unpaired) electrons. The molecule has 76 valence electrons. The molecule has 0 heterocycles. The van der Waals surface area contributed by atoms with Gasteiger partial charge in [0, 0.05) is 0 Å². The second-order valence-electron chi connectivity index (χ2n) is 3.32. The van der Waals surface area contributed by atoms with Crippen molar-refractivity contribution in [2.75, 3.05) is 0 Å². The minimum absolute atomic E-state index is 0. The van der Waals surface area contributed by atoms with Crippen molar-refractivity contribution in [3.05, 3.63) is 23.8 Å². The molecule has 2 N–H and O–H groups in total. The van der Waals surface area contributed by atoms with E-state index in [0.717, 1.165) is 5.57 Å². The minimum Gasteiger partial charge on any atom is -0.747 e. The second kappa shape index (κ2) is 5.44. The maximum atomic E-state index is 10.8. The first-order valence-corrected chi connectivity index (χ1v) is 5.06. The summed E-state index contributed by atoms with van der Waals surface area (Å²) < 4.78 is 31.2. The zero-order valence-electron chi connectivity index (χ0n) is 8.57. The SMILES string of the molecule is CC1=CC=CC(C)(S(=O)(=O)[O-])C1.O.[Na+]. The Balaban J connectivity index is 0. The molecule has 0 spiro atoms. The Hall–Kier alpha value is 0.350. The molecule has 0 saturated heterocycles. The number of allylic oxidation sites excluding steroid dienone is 3. The number of hydrogen-bond donors (Lipinski definition) is 0. The summed E-state index contributed by atoms with van der Waals surface area (Å²) in [6.07, 6.45) is 5.18. The quantitative estimate of drug-likeness (QED) is 0.363. The molecule has 14 heavy (non-hydrogen) atoms. The van der Waals surface area contributed by atoms with Crippen molar-refractivity contribution in [2.45, 2.75) is 25.0 Å². The molecule has 1 unspecified atom stereocenters. The van der Waals surface area contributed by atoms with Crippen molar-refractivity contribution in [1.29, 1.82) is 0 Å². The summed E-state index contributed by atoms with van der Waals surface area (Å²) in [5, 5.41) is 0. The van der Waals surface area contributed by atoms with Crippen molar-refractivity contribution < 1.29 is 48.0 Å². The van der Waals surface area contributed by atoms with Crippen LogP contribution in [0, 0.1) is 0 Å². The van der Waals surface area contributed by atoms with Gasteiger partial charge in [-0.3, -0.25) is 0 Å². The molecule has 0 aliphatic heterocycles. The van der Waals surface area contributed by atoms with Crippen molar-refractivity contribution in [1.82, 2.24) is 0 Å². The van der Waals surface area contributed by atoms with Gasteiger partial charge >= 0.3 is 29.6 Å². The molecule has 0 fully saturated rings. The van der Waals surface area contributed by atoms with Crippen LogP contribution in [-0.2, 0) is 10.1 Å². The Bertz CT molecular complexity index is 344. The fourth-order valence-corrected chi connectivity index (χ4v) is 1.91. The maximum Gasteiger partial charge on any atom is 1.00 e. The summed E-state index contributed by atoms with van der Waals surface area (Å²) in [7, 11) is -4.24. The third-order valence-corrected chi connectivity index (χ3v) is 3.45. The smallest absolute Gasteiger partial charge is 0.747 e. The van der Waals surface area contributed by atoms with Gasteiger partial charge in [0.15, 0.2) is 0 Å². The first-order chi connectivity index (χ1) is 5.35. The summed E-state index contributed by atoms with van der Waals surface area (Å²) in [5.74, 6) is 0. The van der Waals surface area contributed by atoms with Crippen LogP contribution < -0.4 is 29.6 Å². The van der Waals surface area contributed by atoms with Gasteiger partial charge in [-0.25, -0.2) is 8.42 Å². The van der Waals surface area contributed by atoms with Gasteiger partial charge in [-0.2, -0.15) is 0 Å². The Morgan fingerprint density at radius 1 is 1.50 bits per heavy atom. The van der Waals surface area contributed by atoms with E-state index in [1.807, 2.05) is 13.0 Å². The third kappa shape index (κ3) is 3.49. The molecule has 0 saturated carbocycles. The van der Waals surface area contributed by atoms with Crippen LogP contribution in [0.2, 0.25) is 0 Å². The molecule has 0 aromatic rings. The molecule has 0 bridgehead atoms. The predicted molar refractivity (Wildman–Crippen MR) is 49.2 cm³/mol. The molecule has 6 heteroatoms.